The lowest BCUT2D eigenvalue weighted by molar-refractivity contribution is -0.384. The molecule has 0 aromatic heterocycles. The molecule has 3 rings (SSSR count). The Kier molecular flexibility index (Phi) is 4.89. The number of ether oxygens (including phenoxy) is 1. The molecule has 0 atom stereocenters. The Morgan fingerprint density at radius 2 is 1.62 bits per heavy atom. The highest BCUT2D eigenvalue weighted by Gasteiger charge is 2.14. The fourth-order valence-corrected chi connectivity index (χ4v) is 2.22. The van der Waals surface area contributed by atoms with Gasteiger partial charge in [-0.25, -0.2) is 4.39 Å². The van der Waals surface area contributed by atoms with Crippen LogP contribution in [0.15, 0.2) is 72.8 Å². The number of para-hydroxylation sites is 1. The molecule has 0 aliphatic carbocycles. The minimum absolute atomic E-state index is 0.256. The number of non-ortho nitro benzene ring substituents is 1. The molecule has 130 valence electrons. The third-order valence-electron chi connectivity index (χ3n) is 3.50. The first-order chi connectivity index (χ1) is 12.5. The van der Waals surface area contributed by atoms with Crippen molar-refractivity contribution >= 4 is 17.3 Å². The van der Waals surface area contributed by atoms with Crippen LogP contribution in [0.3, 0.4) is 0 Å². The minimum atomic E-state index is -0.756. The van der Waals surface area contributed by atoms with E-state index in [1.165, 1.54) is 12.1 Å². The number of halogens is 1. The van der Waals surface area contributed by atoms with Crippen LogP contribution in [0.1, 0.15) is 10.4 Å². The predicted octanol–water partition coefficient (Wildman–Crippen LogP) is 4.78. The Hall–Kier alpha value is -3.74. The van der Waals surface area contributed by atoms with Crippen LogP contribution in [-0.2, 0) is 0 Å². The standard InChI is InChI=1S/C19H13FN2O4/c20-17-11-8-14(22(24)25)12-18(17)21-19(23)13-6-9-16(10-7-13)26-15-4-2-1-3-5-15/h1-12H,(H,21,23). The van der Waals surface area contributed by atoms with Crippen LogP contribution in [0.25, 0.3) is 0 Å². The van der Waals surface area contributed by atoms with Gasteiger partial charge in [0, 0.05) is 17.7 Å². The molecule has 0 bridgehead atoms. The summed E-state index contributed by atoms with van der Waals surface area (Å²) < 4.78 is 19.4. The second-order valence-corrected chi connectivity index (χ2v) is 5.31. The van der Waals surface area contributed by atoms with Crippen molar-refractivity contribution in [3.05, 3.63) is 94.3 Å². The lowest BCUT2D eigenvalue weighted by Crippen LogP contribution is -2.13. The van der Waals surface area contributed by atoms with Gasteiger partial charge in [-0.3, -0.25) is 14.9 Å². The molecule has 0 heterocycles. The lowest BCUT2D eigenvalue weighted by Gasteiger charge is -2.08. The second-order valence-electron chi connectivity index (χ2n) is 5.31. The topological polar surface area (TPSA) is 81.5 Å². The van der Waals surface area contributed by atoms with E-state index in [0.717, 1.165) is 18.2 Å². The summed E-state index contributed by atoms with van der Waals surface area (Å²) in [5, 5.41) is 13.1. The summed E-state index contributed by atoms with van der Waals surface area (Å²) in [6, 6.07) is 18.3. The minimum Gasteiger partial charge on any atom is -0.457 e. The Balaban J connectivity index is 1.72. The number of nitrogens with zero attached hydrogens (tertiary/aromatic N) is 1. The van der Waals surface area contributed by atoms with Crippen molar-refractivity contribution in [1.82, 2.24) is 0 Å². The van der Waals surface area contributed by atoms with E-state index >= 15 is 0 Å². The highest BCUT2D eigenvalue weighted by atomic mass is 19.1. The number of rotatable bonds is 5. The van der Waals surface area contributed by atoms with Crippen molar-refractivity contribution in [1.29, 1.82) is 0 Å². The molecule has 0 saturated carbocycles. The first-order valence-electron chi connectivity index (χ1n) is 7.61. The van der Waals surface area contributed by atoms with Crippen LogP contribution in [0.2, 0.25) is 0 Å². The van der Waals surface area contributed by atoms with E-state index in [2.05, 4.69) is 5.32 Å². The van der Waals surface area contributed by atoms with E-state index in [1.54, 1.807) is 24.3 Å². The summed E-state index contributed by atoms with van der Waals surface area (Å²) in [5.41, 5.74) is -0.307. The number of nitro groups is 1. The lowest BCUT2D eigenvalue weighted by atomic mass is 10.2. The fourth-order valence-electron chi connectivity index (χ4n) is 2.22. The van der Waals surface area contributed by atoms with E-state index in [1.807, 2.05) is 18.2 Å². The van der Waals surface area contributed by atoms with Gasteiger partial charge in [0.05, 0.1) is 10.6 Å². The van der Waals surface area contributed by atoms with Crippen molar-refractivity contribution in [3.8, 4) is 11.5 Å². The van der Waals surface area contributed by atoms with E-state index in [4.69, 9.17) is 4.74 Å². The summed E-state index contributed by atoms with van der Waals surface area (Å²) in [7, 11) is 0. The molecule has 0 unspecified atom stereocenters. The number of amides is 1. The maximum atomic E-state index is 13.8. The number of nitro benzene ring substituents is 1. The first kappa shape index (κ1) is 17.1. The summed E-state index contributed by atoms with van der Waals surface area (Å²) in [6.07, 6.45) is 0. The Bertz CT molecular complexity index is 944. The smallest absolute Gasteiger partial charge is 0.271 e. The molecule has 0 radical (unpaired) electrons. The molecule has 0 spiro atoms. The van der Waals surface area contributed by atoms with Crippen LogP contribution in [0.5, 0.6) is 11.5 Å². The number of benzene rings is 3. The molecule has 26 heavy (non-hydrogen) atoms. The maximum Gasteiger partial charge on any atom is 0.271 e. The normalized spacial score (nSPS) is 10.2. The molecule has 0 aliphatic heterocycles. The van der Waals surface area contributed by atoms with Gasteiger partial charge in [-0.05, 0) is 42.5 Å². The quantitative estimate of drug-likeness (QED) is 0.529. The first-order valence-corrected chi connectivity index (χ1v) is 7.61. The number of anilines is 1. The largest absolute Gasteiger partial charge is 0.457 e. The summed E-state index contributed by atoms with van der Waals surface area (Å²) in [5.74, 6) is -0.152. The van der Waals surface area contributed by atoms with Crippen LogP contribution in [0.4, 0.5) is 15.8 Å². The average Bonchev–Trinajstić information content (AvgIpc) is 2.64. The molecule has 6 nitrogen and oxygen atoms in total. The average molecular weight is 352 g/mol. The second kappa shape index (κ2) is 7.43. The number of carbonyl (C=O) groups excluding carboxylic acids is 1. The molecule has 1 N–H and O–H groups in total. The van der Waals surface area contributed by atoms with Crippen LogP contribution >= 0.6 is 0 Å². The SMILES string of the molecule is O=C(Nc1cc([N+](=O)[O-])ccc1F)c1ccc(Oc2ccccc2)cc1. The molecule has 1 amide bonds. The van der Waals surface area contributed by atoms with Gasteiger partial charge >= 0.3 is 0 Å². The Morgan fingerprint density at radius 3 is 2.27 bits per heavy atom. The van der Waals surface area contributed by atoms with E-state index in [9.17, 15) is 19.3 Å². The molecule has 0 saturated heterocycles. The van der Waals surface area contributed by atoms with Crippen LogP contribution in [0, 0.1) is 15.9 Å². The zero-order chi connectivity index (χ0) is 18.5. The van der Waals surface area contributed by atoms with E-state index in [0.29, 0.717) is 11.5 Å². The van der Waals surface area contributed by atoms with Gasteiger partial charge in [-0.1, -0.05) is 18.2 Å². The zero-order valence-corrected chi connectivity index (χ0v) is 13.4. The number of nitrogens with one attached hydrogen (secondary N) is 1. The highest BCUT2D eigenvalue weighted by molar-refractivity contribution is 6.04. The van der Waals surface area contributed by atoms with Crippen molar-refractivity contribution in [2.24, 2.45) is 0 Å². The van der Waals surface area contributed by atoms with Gasteiger partial charge in [0.1, 0.15) is 17.3 Å². The molecule has 0 fully saturated rings. The zero-order valence-electron chi connectivity index (χ0n) is 13.4. The van der Waals surface area contributed by atoms with Crippen molar-refractivity contribution in [2.45, 2.75) is 0 Å². The summed E-state index contributed by atoms with van der Waals surface area (Å²) in [6.45, 7) is 0. The van der Waals surface area contributed by atoms with Crippen LogP contribution < -0.4 is 10.1 Å². The van der Waals surface area contributed by atoms with Crippen molar-refractivity contribution < 1.29 is 18.8 Å². The third kappa shape index (κ3) is 4.02. The monoisotopic (exact) mass is 352 g/mol. The number of hydrogen-bond donors (Lipinski definition) is 1. The van der Waals surface area contributed by atoms with Gasteiger partial charge in [0.25, 0.3) is 11.6 Å². The molecule has 7 heteroatoms. The Labute approximate surface area is 148 Å². The van der Waals surface area contributed by atoms with Gasteiger partial charge in [-0.15, -0.1) is 0 Å². The fraction of sp³-hybridized carbons (Fsp3) is 0. The summed E-state index contributed by atoms with van der Waals surface area (Å²) in [4.78, 5) is 22.3. The summed E-state index contributed by atoms with van der Waals surface area (Å²) >= 11 is 0. The van der Waals surface area contributed by atoms with Gasteiger partial charge in [-0.2, -0.15) is 0 Å². The molecule has 3 aromatic carbocycles. The van der Waals surface area contributed by atoms with Crippen molar-refractivity contribution in [2.75, 3.05) is 5.32 Å². The number of carbonyl (C=O) groups is 1. The number of hydrogen-bond acceptors (Lipinski definition) is 4. The Morgan fingerprint density at radius 1 is 0.962 bits per heavy atom. The van der Waals surface area contributed by atoms with Gasteiger partial charge in [0.15, 0.2) is 0 Å². The van der Waals surface area contributed by atoms with E-state index in [-0.39, 0.29) is 16.9 Å². The van der Waals surface area contributed by atoms with E-state index < -0.39 is 16.6 Å². The van der Waals surface area contributed by atoms with Crippen LogP contribution in [-0.4, -0.2) is 10.8 Å². The van der Waals surface area contributed by atoms with Gasteiger partial charge < -0.3 is 10.1 Å². The third-order valence-corrected chi connectivity index (χ3v) is 3.50. The molecular formula is C19H13FN2O4. The highest BCUT2D eigenvalue weighted by Crippen LogP contribution is 2.23. The van der Waals surface area contributed by atoms with Crippen molar-refractivity contribution in [3.63, 3.8) is 0 Å². The maximum absolute atomic E-state index is 13.8. The molecule has 3 aromatic rings. The molecule has 0 aliphatic rings. The molecular weight excluding hydrogens is 339 g/mol. The predicted molar refractivity (Wildman–Crippen MR) is 94.0 cm³/mol. The van der Waals surface area contributed by atoms with Gasteiger partial charge in [0.2, 0.25) is 0 Å².